The number of carbonyl (C=O) groups is 1. The Bertz CT molecular complexity index is 1030. The Balaban J connectivity index is 1.35. The quantitative estimate of drug-likeness (QED) is 0.594. The van der Waals surface area contributed by atoms with Crippen molar-refractivity contribution < 1.29 is 18.8 Å². The largest absolute Gasteiger partial charge is 0.486 e. The van der Waals surface area contributed by atoms with Crippen molar-refractivity contribution >= 4 is 11.6 Å². The highest BCUT2D eigenvalue weighted by molar-refractivity contribution is 5.92. The monoisotopic (exact) mass is 422 g/mol. The topological polar surface area (TPSA) is 89.7 Å². The first kappa shape index (κ1) is 20.9. The molecule has 0 atom stereocenters. The lowest BCUT2D eigenvalue weighted by Gasteiger charge is -2.20. The molecule has 8 nitrogen and oxygen atoms in total. The molecular formula is C23H26N4O4. The fraction of sp³-hybridized carbons (Fsp3) is 0.348. The Hall–Kier alpha value is -3.39. The van der Waals surface area contributed by atoms with E-state index in [0.717, 1.165) is 12.0 Å². The lowest BCUT2D eigenvalue weighted by Crippen LogP contribution is -2.32. The van der Waals surface area contributed by atoms with Gasteiger partial charge in [0.25, 0.3) is 0 Å². The Kier molecular flexibility index (Phi) is 6.47. The number of fused-ring (bicyclic) bond motifs is 1. The molecule has 4 rings (SSSR count). The predicted molar refractivity (Wildman–Crippen MR) is 116 cm³/mol. The van der Waals surface area contributed by atoms with Crippen LogP contribution in [0.3, 0.4) is 0 Å². The molecule has 1 N–H and O–H groups in total. The number of aryl methyl sites for hydroxylation is 1. The van der Waals surface area contributed by atoms with E-state index < -0.39 is 0 Å². The number of nitrogens with one attached hydrogen (secondary N) is 1. The van der Waals surface area contributed by atoms with Crippen LogP contribution in [0.4, 0.5) is 5.69 Å². The van der Waals surface area contributed by atoms with Crippen molar-refractivity contribution in [3.05, 3.63) is 53.9 Å². The normalized spacial score (nSPS) is 12.7. The third-order valence-corrected chi connectivity index (χ3v) is 5.09. The summed E-state index contributed by atoms with van der Waals surface area (Å²) in [4.78, 5) is 19.0. The van der Waals surface area contributed by atoms with Gasteiger partial charge in [-0.3, -0.25) is 9.69 Å². The summed E-state index contributed by atoms with van der Waals surface area (Å²) in [5.41, 5.74) is 2.83. The molecule has 0 bridgehead atoms. The van der Waals surface area contributed by atoms with Gasteiger partial charge in [0.2, 0.25) is 17.6 Å². The van der Waals surface area contributed by atoms with Crippen molar-refractivity contribution in [2.45, 2.75) is 26.8 Å². The molecule has 1 aliphatic rings. The molecule has 8 heteroatoms. The molecule has 1 amide bonds. The second-order valence-corrected chi connectivity index (χ2v) is 7.27. The van der Waals surface area contributed by atoms with Gasteiger partial charge in [0.15, 0.2) is 11.5 Å². The first-order chi connectivity index (χ1) is 15.1. The first-order valence-corrected chi connectivity index (χ1v) is 10.5. The maximum absolute atomic E-state index is 12.5. The SMILES string of the molecule is CCc1ccc(-c2noc(CN(CC)CC(=O)Nc3ccc4c(c3)OCCO4)n2)cc1. The fourth-order valence-corrected chi connectivity index (χ4v) is 3.32. The summed E-state index contributed by atoms with van der Waals surface area (Å²) in [7, 11) is 0. The summed E-state index contributed by atoms with van der Waals surface area (Å²) in [6.07, 6.45) is 0.984. The molecule has 0 radical (unpaired) electrons. The van der Waals surface area contributed by atoms with Gasteiger partial charge in [0.1, 0.15) is 13.2 Å². The summed E-state index contributed by atoms with van der Waals surface area (Å²) in [6, 6.07) is 13.5. The summed E-state index contributed by atoms with van der Waals surface area (Å²) in [6.45, 7) is 6.40. The van der Waals surface area contributed by atoms with Crippen LogP contribution in [-0.4, -0.2) is 47.3 Å². The summed E-state index contributed by atoms with van der Waals surface area (Å²) < 4.78 is 16.5. The van der Waals surface area contributed by atoms with Crippen molar-refractivity contribution in [3.8, 4) is 22.9 Å². The highest BCUT2D eigenvalue weighted by Gasteiger charge is 2.17. The van der Waals surface area contributed by atoms with Crippen molar-refractivity contribution in [2.75, 3.05) is 31.6 Å². The zero-order valence-electron chi connectivity index (χ0n) is 17.8. The van der Waals surface area contributed by atoms with Crippen LogP contribution in [0.5, 0.6) is 11.5 Å². The molecule has 31 heavy (non-hydrogen) atoms. The van der Waals surface area contributed by atoms with Crippen LogP contribution in [0.1, 0.15) is 25.3 Å². The number of ether oxygens (including phenoxy) is 2. The van der Waals surface area contributed by atoms with Gasteiger partial charge in [0.05, 0.1) is 13.1 Å². The van der Waals surface area contributed by atoms with E-state index in [0.29, 0.717) is 55.2 Å². The number of rotatable bonds is 8. The van der Waals surface area contributed by atoms with Gasteiger partial charge < -0.3 is 19.3 Å². The molecule has 0 fully saturated rings. The van der Waals surface area contributed by atoms with Gasteiger partial charge in [0, 0.05) is 17.3 Å². The Morgan fingerprint density at radius 2 is 1.84 bits per heavy atom. The number of likely N-dealkylation sites (N-methyl/N-ethyl adjacent to an activating group) is 1. The third kappa shape index (κ3) is 5.21. The average molecular weight is 422 g/mol. The molecule has 0 unspecified atom stereocenters. The van der Waals surface area contributed by atoms with Gasteiger partial charge in [-0.25, -0.2) is 0 Å². The number of aromatic nitrogens is 2. The van der Waals surface area contributed by atoms with E-state index in [-0.39, 0.29) is 12.5 Å². The van der Waals surface area contributed by atoms with E-state index >= 15 is 0 Å². The van der Waals surface area contributed by atoms with E-state index in [2.05, 4.69) is 34.5 Å². The molecule has 0 aliphatic carbocycles. The minimum Gasteiger partial charge on any atom is -0.486 e. The number of benzene rings is 2. The standard InChI is InChI=1S/C23H26N4O4/c1-3-16-5-7-17(8-6-16)23-25-22(31-26-23)15-27(4-2)14-21(28)24-18-9-10-19-20(13-18)30-12-11-29-19/h5-10,13H,3-4,11-12,14-15H2,1-2H3,(H,24,28). The molecule has 0 saturated carbocycles. The van der Waals surface area contributed by atoms with Crippen LogP contribution in [0.2, 0.25) is 0 Å². The number of anilines is 1. The Morgan fingerprint density at radius 3 is 2.58 bits per heavy atom. The van der Waals surface area contributed by atoms with Gasteiger partial charge >= 0.3 is 0 Å². The molecule has 0 spiro atoms. The minimum absolute atomic E-state index is 0.131. The van der Waals surface area contributed by atoms with Crippen LogP contribution in [0.25, 0.3) is 11.4 Å². The van der Waals surface area contributed by atoms with Crippen molar-refractivity contribution in [3.63, 3.8) is 0 Å². The van der Waals surface area contributed by atoms with Gasteiger partial charge in [-0.2, -0.15) is 4.98 Å². The fourth-order valence-electron chi connectivity index (χ4n) is 3.32. The molecule has 2 aromatic carbocycles. The van der Waals surface area contributed by atoms with E-state index in [4.69, 9.17) is 14.0 Å². The Labute approximate surface area is 181 Å². The zero-order chi connectivity index (χ0) is 21.6. The van der Waals surface area contributed by atoms with E-state index in [9.17, 15) is 4.79 Å². The third-order valence-electron chi connectivity index (χ3n) is 5.09. The van der Waals surface area contributed by atoms with Crippen LogP contribution in [-0.2, 0) is 17.8 Å². The van der Waals surface area contributed by atoms with E-state index in [1.54, 1.807) is 18.2 Å². The summed E-state index contributed by atoms with van der Waals surface area (Å²) >= 11 is 0. The van der Waals surface area contributed by atoms with Crippen LogP contribution in [0.15, 0.2) is 47.0 Å². The molecule has 3 aromatic rings. The maximum Gasteiger partial charge on any atom is 0.241 e. The maximum atomic E-state index is 12.5. The number of hydrogen-bond acceptors (Lipinski definition) is 7. The van der Waals surface area contributed by atoms with Crippen molar-refractivity contribution in [1.29, 1.82) is 0 Å². The summed E-state index contributed by atoms with van der Waals surface area (Å²) in [5.74, 6) is 2.23. The van der Waals surface area contributed by atoms with E-state index in [1.807, 2.05) is 24.0 Å². The second kappa shape index (κ2) is 9.61. The van der Waals surface area contributed by atoms with Crippen LogP contribution < -0.4 is 14.8 Å². The van der Waals surface area contributed by atoms with Crippen LogP contribution in [0, 0.1) is 0 Å². The molecule has 1 aromatic heterocycles. The minimum atomic E-state index is -0.131. The molecule has 1 aliphatic heterocycles. The molecular weight excluding hydrogens is 396 g/mol. The molecule has 2 heterocycles. The number of nitrogens with zero attached hydrogens (tertiary/aromatic N) is 3. The first-order valence-electron chi connectivity index (χ1n) is 10.5. The van der Waals surface area contributed by atoms with Crippen molar-refractivity contribution in [2.24, 2.45) is 0 Å². The highest BCUT2D eigenvalue weighted by Crippen LogP contribution is 2.32. The van der Waals surface area contributed by atoms with Gasteiger partial charge in [-0.15, -0.1) is 0 Å². The van der Waals surface area contributed by atoms with Gasteiger partial charge in [-0.1, -0.05) is 43.3 Å². The smallest absolute Gasteiger partial charge is 0.241 e. The van der Waals surface area contributed by atoms with Crippen molar-refractivity contribution in [1.82, 2.24) is 15.0 Å². The number of amides is 1. The molecule has 0 saturated heterocycles. The predicted octanol–water partition coefficient (Wildman–Crippen LogP) is 3.53. The zero-order valence-corrected chi connectivity index (χ0v) is 17.8. The summed E-state index contributed by atoms with van der Waals surface area (Å²) in [5, 5.41) is 6.98. The number of hydrogen-bond donors (Lipinski definition) is 1. The lowest BCUT2D eigenvalue weighted by molar-refractivity contribution is -0.117. The lowest BCUT2D eigenvalue weighted by atomic mass is 10.1. The van der Waals surface area contributed by atoms with Crippen LogP contribution >= 0.6 is 0 Å². The molecule has 162 valence electrons. The Morgan fingerprint density at radius 1 is 1.06 bits per heavy atom. The van der Waals surface area contributed by atoms with E-state index in [1.165, 1.54) is 5.56 Å². The number of carbonyl (C=O) groups excluding carboxylic acids is 1. The highest BCUT2D eigenvalue weighted by atomic mass is 16.6. The van der Waals surface area contributed by atoms with Gasteiger partial charge in [-0.05, 0) is 30.7 Å². The average Bonchev–Trinajstić information content (AvgIpc) is 3.27. The second-order valence-electron chi connectivity index (χ2n) is 7.27.